The van der Waals surface area contributed by atoms with Crippen molar-refractivity contribution in [2.45, 2.75) is 31.8 Å². The Morgan fingerprint density at radius 2 is 2.00 bits per heavy atom. The molecule has 5 nitrogen and oxygen atoms in total. The second kappa shape index (κ2) is 7.43. The summed E-state index contributed by atoms with van der Waals surface area (Å²) in [4.78, 5) is 18.3. The van der Waals surface area contributed by atoms with Gasteiger partial charge in [-0.25, -0.2) is 4.98 Å². The van der Waals surface area contributed by atoms with Crippen molar-refractivity contribution < 1.29 is 9.53 Å². The van der Waals surface area contributed by atoms with E-state index in [0.717, 1.165) is 53.9 Å². The number of primary amides is 1. The predicted octanol–water partition coefficient (Wildman–Crippen LogP) is 3.93. The Balaban J connectivity index is 1.43. The first-order chi connectivity index (χ1) is 12.7. The standard InChI is InChI=1S/C20H21N3O2S/c21-19(24)17-6-3-4-12-23(17)13-14-8-10-15(11-9-14)25-20-22-16-5-1-2-7-18(16)26-20/h1-2,5,7-11,17H,3-4,6,12-13H2,(H2,21,24). The molecular formula is C20H21N3O2S. The number of piperidine rings is 1. The van der Waals surface area contributed by atoms with Gasteiger partial charge in [0.25, 0.3) is 5.19 Å². The number of ether oxygens (including phenoxy) is 1. The highest BCUT2D eigenvalue weighted by Gasteiger charge is 2.26. The summed E-state index contributed by atoms with van der Waals surface area (Å²) in [6.45, 7) is 1.65. The molecule has 1 unspecified atom stereocenters. The molecule has 1 fully saturated rings. The van der Waals surface area contributed by atoms with Gasteiger partial charge in [0, 0.05) is 6.54 Å². The molecule has 1 aliphatic rings. The van der Waals surface area contributed by atoms with E-state index in [2.05, 4.69) is 9.88 Å². The highest BCUT2D eigenvalue weighted by atomic mass is 32.1. The number of thiazole rings is 1. The number of amides is 1. The van der Waals surface area contributed by atoms with E-state index in [9.17, 15) is 4.79 Å². The maximum absolute atomic E-state index is 11.6. The maximum Gasteiger partial charge on any atom is 0.279 e. The summed E-state index contributed by atoms with van der Waals surface area (Å²) >= 11 is 1.54. The van der Waals surface area contributed by atoms with E-state index >= 15 is 0 Å². The van der Waals surface area contributed by atoms with Gasteiger partial charge in [0.15, 0.2) is 0 Å². The van der Waals surface area contributed by atoms with Crippen LogP contribution >= 0.6 is 11.3 Å². The largest absolute Gasteiger partial charge is 0.431 e. The fourth-order valence-corrected chi connectivity index (χ4v) is 4.23. The molecule has 0 saturated carbocycles. The molecule has 2 heterocycles. The summed E-state index contributed by atoms with van der Waals surface area (Å²) < 4.78 is 7.00. The average molecular weight is 367 g/mol. The Bertz CT molecular complexity index is 874. The Kier molecular flexibility index (Phi) is 4.86. The molecule has 2 aromatic carbocycles. The highest BCUT2D eigenvalue weighted by Crippen LogP contribution is 2.31. The number of nitrogens with two attached hydrogens (primary N) is 1. The number of hydrogen-bond acceptors (Lipinski definition) is 5. The molecule has 3 aromatic rings. The van der Waals surface area contributed by atoms with Gasteiger partial charge in [-0.1, -0.05) is 42.0 Å². The van der Waals surface area contributed by atoms with Crippen LogP contribution in [0.15, 0.2) is 48.5 Å². The zero-order valence-electron chi connectivity index (χ0n) is 14.4. The lowest BCUT2D eigenvalue weighted by molar-refractivity contribution is -0.124. The molecule has 0 bridgehead atoms. The van der Waals surface area contributed by atoms with Crippen molar-refractivity contribution >= 4 is 27.5 Å². The first-order valence-corrected chi connectivity index (χ1v) is 9.66. The van der Waals surface area contributed by atoms with E-state index in [-0.39, 0.29) is 11.9 Å². The minimum Gasteiger partial charge on any atom is -0.431 e. The van der Waals surface area contributed by atoms with E-state index in [1.54, 1.807) is 0 Å². The van der Waals surface area contributed by atoms with Gasteiger partial charge >= 0.3 is 0 Å². The number of carbonyl (C=O) groups excluding carboxylic acids is 1. The lowest BCUT2D eigenvalue weighted by Crippen LogP contribution is -2.47. The summed E-state index contributed by atoms with van der Waals surface area (Å²) in [5.41, 5.74) is 7.65. The summed E-state index contributed by atoms with van der Waals surface area (Å²) in [5.74, 6) is 0.540. The van der Waals surface area contributed by atoms with Crippen LogP contribution < -0.4 is 10.5 Å². The number of carbonyl (C=O) groups is 1. The van der Waals surface area contributed by atoms with Crippen LogP contribution in [0.5, 0.6) is 10.9 Å². The second-order valence-corrected chi connectivity index (χ2v) is 7.57. The quantitative estimate of drug-likeness (QED) is 0.742. The van der Waals surface area contributed by atoms with E-state index in [1.807, 2.05) is 48.5 Å². The molecule has 1 amide bonds. The smallest absolute Gasteiger partial charge is 0.279 e. The lowest BCUT2D eigenvalue weighted by atomic mass is 10.0. The summed E-state index contributed by atoms with van der Waals surface area (Å²) in [6.07, 6.45) is 3.04. The molecule has 2 N–H and O–H groups in total. The Labute approximate surface area is 156 Å². The Morgan fingerprint density at radius 3 is 2.77 bits per heavy atom. The Morgan fingerprint density at radius 1 is 1.19 bits per heavy atom. The van der Waals surface area contributed by atoms with Gasteiger partial charge in [-0.05, 0) is 49.2 Å². The number of rotatable bonds is 5. The number of aromatic nitrogens is 1. The normalized spacial score (nSPS) is 18.1. The van der Waals surface area contributed by atoms with Crippen LogP contribution in [0.3, 0.4) is 0 Å². The molecule has 1 atom stereocenters. The molecule has 1 saturated heterocycles. The van der Waals surface area contributed by atoms with Crippen LogP contribution in [0.4, 0.5) is 0 Å². The number of benzene rings is 2. The topological polar surface area (TPSA) is 68.5 Å². The van der Waals surface area contributed by atoms with Crippen LogP contribution in [0.2, 0.25) is 0 Å². The number of fused-ring (bicyclic) bond motifs is 1. The summed E-state index contributed by atoms with van der Waals surface area (Å²) in [7, 11) is 0. The predicted molar refractivity (Wildman–Crippen MR) is 103 cm³/mol. The molecule has 1 aromatic heterocycles. The van der Waals surface area contributed by atoms with Crippen LogP contribution in [-0.4, -0.2) is 28.4 Å². The molecule has 134 valence electrons. The maximum atomic E-state index is 11.6. The van der Waals surface area contributed by atoms with E-state index in [0.29, 0.717) is 5.19 Å². The third-order valence-corrected chi connectivity index (χ3v) is 5.64. The zero-order chi connectivity index (χ0) is 17.9. The van der Waals surface area contributed by atoms with Crippen molar-refractivity contribution in [3.05, 3.63) is 54.1 Å². The number of likely N-dealkylation sites (tertiary alicyclic amines) is 1. The fraction of sp³-hybridized carbons (Fsp3) is 0.300. The van der Waals surface area contributed by atoms with E-state index in [1.165, 1.54) is 11.3 Å². The van der Waals surface area contributed by atoms with Gasteiger partial charge in [0.05, 0.1) is 16.3 Å². The first kappa shape index (κ1) is 17.0. The third-order valence-electron chi connectivity index (χ3n) is 4.73. The second-order valence-electron chi connectivity index (χ2n) is 6.58. The number of nitrogens with zero attached hydrogens (tertiary/aromatic N) is 2. The highest BCUT2D eigenvalue weighted by molar-refractivity contribution is 7.20. The summed E-state index contributed by atoms with van der Waals surface area (Å²) in [5, 5.41) is 0.642. The molecular weight excluding hydrogens is 346 g/mol. The third kappa shape index (κ3) is 3.71. The van der Waals surface area contributed by atoms with Crippen molar-refractivity contribution in [1.82, 2.24) is 9.88 Å². The van der Waals surface area contributed by atoms with Crippen LogP contribution in [0.1, 0.15) is 24.8 Å². The molecule has 26 heavy (non-hydrogen) atoms. The van der Waals surface area contributed by atoms with Gasteiger partial charge in [-0.15, -0.1) is 0 Å². The van der Waals surface area contributed by atoms with Crippen molar-refractivity contribution in [1.29, 1.82) is 0 Å². The van der Waals surface area contributed by atoms with Crippen molar-refractivity contribution in [3.8, 4) is 10.9 Å². The molecule has 4 rings (SSSR count). The monoisotopic (exact) mass is 367 g/mol. The van der Waals surface area contributed by atoms with Gasteiger partial charge in [0.2, 0.25) is 5.91 Å². The van der Waals surface area contributed by atoms with Crippen LogP contribution in [0, 0.1) is 0 Å². The van der Waals surface area contributed by atoms with Gasteiger partial charge in [-0.2, -0.15) is 0 Å². The SMILES string of the molecule is NC(=O)C1CCCCN1Cc1ccc(Oc2nc3ccccc3s2)cc1. The molecule has 1 aliphatic heterocycles. The minimum atomic E-state index is -0.222. The van der Waals surface area contributed by atoms with E-state index in [4.69, 9.17) is 10.5 Å². The van der Waals surface area contributed by atoms with E-state index < -0.39 is 0 Å². The van der Waals surface area contributed by atoms with Crippen molar-refractivity contribution in [2.75, 3.05) is 6.54 Å². The molecule has 0 spiro atoms. The first-order valence-electron chi connectivity index (χ1n) is 8.85. The molecule has 0 radical (unpaired) electrons. The van der Waals surface area contributed by atoms with Gasteiger partial charge < -0.3 is 10.5 Å². The molecule has 6 heteroatoms. The van der Waals surface area contributed by atoms with Crippen LogP contribution in [0.25, 0.3) is 10.2 Å². The van der Waals surface area contributed by atoms with Crippen LogP contribution in [-0.2, 0) is 11.3 Å². The number of hydrogen-bond donors (Lipinski definition) is 1. The van der Waals surface area contributed by atoms with Gasteiger partial charge in [0.1, 0.15) is 5.75 Å². The van der Waals surface area contributed by atoms with Crippen molar-refractivity contribution in [2.24, 2.45) is 5.73 Å². The minimum absolute atomic E-state index is 0.151. The number of para-hydroxylation sites is 1. The Hall–Kier alpha value is -2.44. The van der Waals surface area contributed by atoms with Crippen molar-refractivity contribution in [3.63, 3.8) is 0 Å². The fourth-order valence-electron chi connectivity index (χ4n) is 3.40. The average Bonchev–Trinajstić information content (AvgIpc) is 3.06. The summed E-state index contributed by atoms with van der Waals surface area (Å²) in [6, 6.07) is 15.8. The van der Waals surface area contributed by atoms with Gasteiger partial charge in [-0.3, -0.25) is 9.69 Å². The zero-order valence-corrected chi connectivity index (χ0v) is 15.2. The lowest BCUT2D eigenvalue weighted by Gasteiger charge is -2.33. The molecule has 0 aliphatic carbocycles.